The van der Waals surface area contributed by atoms with Gasteiger partial charge in [0.1, 0.15) is 12.1 Å². The second kappa shape index (κ2) is 8.22. The number of amides is 5. The van der Waals surface area contributed by atoms with Crippen molar-refractivity contribution in [3.8, 4) is 11.5 Å². The van der Waals surface area contributed by atoms with E-state index in [-0.39, 0.29) is 0 Å². The Morgan fingerprint density at radius 1 is 1.09 bits per heavy atom. The van der Waals surface area contributed by atoms with Gasteiger partial charge in [-0.3, -0.25) is 19.3 Å². The van der Waals surface area contributed by atoms with E-state index >= 15 is 0 Å². The molecule has 32 heavy (non-hydrogen) atoms. The van der Waals surface area contributed by atoms with Gasteiger partial charge in [0.05, 0.1) is 13.2 Å². The fourth-order valence-electron chi connectivity index (χ4n) is 3.57. The van der Waals surface area contributed by atoms with E-state index < -0.39 is 35.8 Å². The summed E-state index contributed by atoms with van der Waals surface area (Å²) in [5.41, 5.74) is 5.05. The molecule has 0 aliphatic carbocycles. The molecule has 0 saturated carbocycles. The lowest BCUT2D eigenvalue weighted by Crippen LogP contribution is -2.42. The summed E-state index contributed by atoms with van der Waals surface area (Å²) in [4.78, 5) is 50.1. The minimum atomic E-state index is -1.36. The maximum Gasteiger partial charge on any atom is 0.325 e. The molecule has 2 heterocycles. The number of hydrogen-bond donors (Lipinski definition) is 3. The molecule has 4 N–H and O–H groups in total. The molecule has 10 heteroatoms. The number of nitrogens with two attached hydrogens (primary N) is 1. The van der Waals surface area contributed by atoms with Gasteiger partial charge in [-0.15, -0.1) is 0 Å². The van der Waals surface area contributed by atoms with E-state index in [1.165, 1.54) is 24.3 Å². The predicted octanol–water partition coefficient (Wildman–Crippen LogP) is 1.35. The number of nitrogens with one attached hydrogen (secondary N) is 2. The lowest BCUT2D eigenvalue weighted by molar-refractivity contribution is -0.133. The fraction of sp³-hybridized carbons (Fsp3) is 0.273. The number of carbonyl (C=O) groups excluding carboxylic acids is 4. The Hall–Kier alpha value is -4.08. The van der Waals surface area contributed by atoms with Gasteiger partial charge < -0.3 is 25.8 Å². The van der Waals surface area contributed by atoms with Crippen LogP contribution in [0.15, 0.2) is 42.5 Å². The summed E-state index contributed by atoms with van der Waals surface area (Å²) in [6.07, 6.45) is 0.741. The van der Waals surface area contributed by atoms with Crippen LogP contribution in [0.1, 0.15) is 29.3 Å². The van der Waals surface area contributed by atoms with Gasteiger partial charge in [0.2, 0.25) is 11.8 Å². The Morgan fingerprint density at radius 2 is 1.78 bits per heavy atom. The summed E-state index contributed by atoms with van der Waals surface area (Å²) in [7, 11) is 0. The number of anilines is 1. The third-order valence-electron chi connectivity index (χ3n) is 5.35. The van der Waals surface area contributed by atoms with Gasteiger partial charge in [-0.25, -0.2) is 4.79 Å². The van der Waals surface area contributed by atoms with Gasteiger partial charge >= 0.3 is 6.03 Å². The van der Waals surface area contributed by atoms with Crippen LogP contribution in [-0.4, -0.2) is 48.4 Å². The molecule has 2 aliphatic rings. The number of imide groups is 1. The zero-order chi connectivity index (χ0) is 22.9. The molecule has 0 spiro atoms. The molecule has 0 unspecified atom stereocenters. The molecular weight excluding hydrogens is 416 g/mol. The van der Waals surface area contributed by atoms with Gasteiger partial charge in [0.15, 0.2) is 11.5 Å². The molecule has 2 aliphatic heterocycles. The highest BCUT2D eigenvalue weighted by Gasteiger charge is 2.49. The number of rotatable bonds is 5. The highest BCUT2D eigenvalue weighted by molar-refractivity contribution is 6.10. The van der Waals surface area contributed by atoms with Crippen LogP contribution >= 0.6 is 0 Å². The molecule has 1 fully saturated rings. The lowest BCUT2D eigenvalue weighted by atomic mass is 9.91. The zero-order valence-electron chi connectivity index (χ0n) is 17.3. The maximum absolute atomic E-state index is 13.1. The van der Waals surface area contributed by atoms with E-state index in [4.69, 9.17) is 15.2 Å². The van der Waals surface area contributed by atoms with Crippen molar-refractivity contribution in [2.75, 3.05) is 25.1 Å². The van der Waals surface area contributed by atoms with Crippen molar-refractivity contribution in [2.24, 2.45) is 5.73 Å². The van der Waals surface area contributed by atoms with Crippen molar-refractivity contribution >= 4 is 29.4 Å². The first-order valence-electron chi connectivity index (χ1n) is 10.0. The molecule has 10 nitrogen and oxygen atoms in total. The molecule has 5 amide bonds. The third kappa shape index (κ3) is 3.94. The van der Waals surface area contributed by atoms with Gasteiger partial charge in [-0.1, -0.05) is 6.07 Å². The molecule has 4 rings (SSSR count). The lowest BCUT2D eigenvalue weighted by Gasteiger charge is -2.23. The standard InChI is InChI=1S/C22H22N4O6/c1-22(14-5-8-16-17(11-14)32-10-2-9-31-16)20(29)26(21(30)25-22)12-18(27)24-15-6-3-13(4-7-15)19(23)28/h3-8,11H,2,9-10,12H2,1H3,(H2,23,28)(H,24,27)(H,25,30)/t22-/m1/s1. The molecule has 2 aromatic rings. The second-order valence-corrected chi connectivity index (χ2v) is 7.65. The van der Waals surface area contributed by atoms with Gasteiger partial charge in [0.25, 0.3) is 5.91 Å². The van der Waals surface area contributed by atoms with Crippen LogP contribution in [0.3, 0.4) is 0 Å². The van der Waals surface area contributed by atoms with Crippen molar-refractivity contribution in [1.29, 1.82) is 0 Å². The summed E-state index contributed by atoms with van der Waals surface area (Å²) in [6, 6.07) is 10.3. The highest BCUT2D eigenvalue weighted by atomic mass is 16.5. The van der Waals surface area contributed by atoms with E-state index in [1.807, 2.05) is 0 Å². The van der Waals surface area contributed by atoms with E-state index in [0.717, 1.165) is 11.3 Å². The summed E-state index contributed by atoms with van der Waals surface area (Å²) in [6.45, 7) is 2.13. The zero-order valence-corrected chi connectivity index (χ0v) is 17.3. The minimum Gasteiger partial charge on any atom is -0.490 e. The number of hydrogen-bond acceptors (Lipinski definition) is 6. The fourth-order valence-corrected chi connectivity index (χ4v) is 3.57. The number of ether oxygens (including phenoxy) is 2. The molecule has 2 aromatic carbocycles. The van der Waals surface area contributed by atoms with Crippen molar-refractivity contribution in [2.45, 2.75) is 18.9 Å². The molecule has 0 bridgehead atoms. The van der Waals surface area contributed by atoms with Crippen molar-refractivity contribution in [3.05, 3.63) is 53.6 Å². The Kier molecular flexibility index (Phi) is 5.43. The Bertz CT molecular complexity index is 1100. The van der Waals surface area contributed by atoms with Crippen LogP contribution in [-0.2, 0) is 15.1 Å². The molecule has 1 saturated heterocycles. The number of nitrogens with zero attached hydrogens (tertiary/aromatic N) is 1. The van der Waals surface area contributed by atoms with Crippen LogP contribution in [0.2, 0.25) is 0 Å². The van der Waals surface area contributed by atoms with Gasteiger partial charge in [-0.2, -0.15) is 0 Å². The smallest absolute Gasteiger partial charge is 0.325 e. The van der Waals surface area contributed by atoms with Crippen molar-refractivity contribution < 1.29 is 28.7 Å². The largest absolute Gasteiger partial charge is 0.490 e. The average Bonchev–Trinajstić information content (AvgIpc) is 2.93. The molecular formula is C22H22N4O6. The molecule has 166 valence electrons. The van der Waals surface area contributed by atoms with E-state index in [9.17, 15) is 19.2 Å². The van der Waals surface area contributed by atoms with Crippen LogP contribution in [0.25, 0.3) is 0 Å². The first kappa shape index (κ1) is 21.2. The van der Waals surface area contributed by atoms with Crippen LogP contribution in [0.5, 0.6) is 11.5 Å². The van der Waals surface area contributed by atoms with E-state index in [1.54, 1.807) is 25.1 Å². The maximum atomic E-state index is 13.1. The van der Waals surface area contributed by atoms with Crippen molar-refractivity contribution in [1.82, 2.24) is 10.2 Å². The number of carbonyl (C=O) groups is 4. The predicted molar refractivity (Wildman–Crippen MR) is 113 cm³/mol. The first-order chi connectivity index (χ1) is 15.3. The number of primary amides is 1. The normalized spacial score (nSPS) is 19.8. The minimum absolute atomic E-state index is 0.294. The van der Waals surface area contributed by atoms with Gasteiger partial charge in [0, 0.05) is 17.7 Å². The monoisotopic (exact) mass is 438 g/mol. The molecule has 0 aromatic heterocycles. The summed E-state index contributed by atoms with van der Waals surface area (Å²) in [5, 5.41) is 5.26. The van der Waals surface area contributed by atoms with E-state index in [2.05, 4.69) is 10.6 Å². The molecule has 1 atom stereocenters. The Morgan fingerprint density at radius 3 is 2.47 bits per heavy atom. The second-order valence-electron chi connectivity index (χ2n) is 7.65. The number of urea groups is 1. The quantitative estimate of drug-likeness (QED) is 0.602. The molecule has 0 radical (unpaired) electrons. The van der Waals surface area contributed by atoms with Crippen LogP contribution in [0.4, 0.5) is 10.5 Å². The Labute approximate surface area is 183 Å². The topological polar surface area (TPSA) is 140 Å². The average molecular weight is 438 g/mol. The van der Waals surface area contributed by atoms with Crippen LogP contribution < -0.4 is 25.8 Å². The first-order valence-corrected chi connectivity index (χ1v) is 10.0. The van der Waals surface area contributed by atoms with Crippen molar-refractivity contribution in [3.63, 3.8) is 0 Å². The summed E-state index contributed by atoms with van der Waals surface area (Å²) >= 11 is 0. The summed E-state index contributed by atoms with van der Waals surface area (Å²) < 4.78 is 11.3. The van der Waals surface area contributed by atoms with E-state index in [0.29, 0.717) is 41.5 Å². The Balaban J connectivity index is 1.48. The summed E-state index contributed by atoms with van der Waals surface area (Å²) in [5.74, 6) is -0.639. The third-order valence-corrected chi connectivity index (χ3v) is 5.35. The van der Waals surface area contributed by atoms with Gasteiger partial charge in [-0.05, 0) is 48.9 Å². The number of benzene rings is 2. The number of fused-ring (bicyclic) bond motifs is 1. The highest BCUT2D eigenvalue weighted by Crippen LogP contribution is 2.36. The van der Waals surface area contributed by atoms with Crippen LogP contribution in [0, 0.1) is 0 Å². The SMILES string of the molecule is C[C@]1(c2ccc3c(c2)OCCCO3)NC(=O)N(CC(=O)Nc2ccc(C(N)=O)cc2)C1=O.